The summed E-state index contributed by atoms with van der Waals surface area (Å²) in [4.78, 5) is 11.8. The first kappa shape index (κ1) is 15.7. The van der Waals surface area contributed by atoms with Crippen molar-refractivity contribution in [2.24, 2.45) is 11.3 Å². The number of nitriles is 2. The fraction of sp³-hybridized carbons (Fsp3) is 0.438. The highest BCUT2D eigenvalue weighted by Gasteiger charge is 2.36. The molecule has 0 bridgehead atoms. The van der Waals surface area contributed by atoms with Crippen LogP contribution >= 0.6 is 0 Å². The van der Waals surface area contributed by atoms with Crippen LogP contribution in [0.4, 0.5) is 0 Å². The first-order chi connectivity index (χ1) is 9.57. The minimum absolute atomic E-state index is 0.0712. The number of nitrogens with zero attached hydrogens (tertiary/aromatic N) is 2. The molecule has 1 atom stereocenters. The quantitative estimate of drug-likeness (QED) is 0.744. The molecule has 1 rings (SSSR count). The summed E-state index contributed by atoms with van der Waals surface area (Å²) < 4.78 is 5.17. The third kappa shape index (κ3) is 3.83. The summed E-state index contributed by atoms with van der Waals surface area (Å²) in [7, 11) is 0. The lowest BCUT2D eigenvalue weighted by atomic mass is 9.75. The molecule has 0 aromatic heterocycles. The van der Waals surface area contributed by atoms with E-state index in [9.17, 15) is 4.79 Å². The van der Waals surface area contributed by atoms with Crippen LogP contribution in [0.25, 0.3) is 0 Å². The number of hydrogen-bond acceptors (Lipinski definition) is 4. The van der Waals surface area contributed by atoms with Gasteiger partial charge in [0.1, 0.15) is 12.0 Å². The molecule has 0 N–H and O–H groups in total. The zero-order chi connectivity index (χ0) is 15.0. The Morgan fingerprint density at radius 1 is 1.30 bits per heavy atom. The Labute approximate surface area is 119 Å². The maximum Gasteiger partial charge on any atom is 0.306 e. The molecule has 1 aromatic rings. The molecular formula is C16H18N2O2. The van der Waals surface area contributed by atoms with Crippen molar-refractivity contribution in [1.29, 1.82) is 10.5 Å². The molecule has 1 aromatic carbocycles. The van der Waals surface area contributed by atoms with Gasteiger partial charge in [-0.15, -0.1) is 0 Å². The lowest BCUT2D eigenvalue weighted by molar-refractivity contribution is -0.146. The Bertz CT molecular complexity index is 512. The summed E-state index contributed by atoms with van der Waals surface area (Å²) in [5, 5.41) is 18.3. The van der Waals surface area contributed by atoms with Gasteiger partial charge in [-0.25, -0.2) is 0 Å². The van der Waals surface area contributed by atoms with E-state index in [2.05, 4.69) is 0 Å². The van der Waals surface area contributed by atoms with Crippen LogP contribution in [0.1, 0.15) is 32.3 Å². The van der Waals surface area contributed by atoms with E-state index in [1.54, 1.807) is 13.8 Å². The molecule has 0 aliphatic heterocycles. The average Bonchev–Trinajstić information content (AvgIpc) is 2.48. The normalized spacial score (nSPS) is 12.0. The van der Waals surface area contributed by atoms with Gasteiger partial charge < -0.3 is 4.74 Å². The van der Waals surface area contributed by atoms with Crippen molar-refractivity contribution >= 4 is 5.97 Å². The Morgan fingerprint density at radius 3 is 2.40 bits per heavy atom. The monoisotopic (exact) mass is 270 g/mol. The van der Waals surface area contributed by atoms with E-state index in [1.165, 1.54) is 0 Å². The Morgan fingerprint density at radius 2 is 1.90 bits per heavy atom. The SMILES string of the molecule is CCC(C#N)(C#N)[C@@H](C)CC(=O)OCc1ccccc1. The van der Waals surface area contributed by atoms with Gasteiger partial charge >= 0.3 is 5.97 Å². The standard InChI is InChI=1S/C16H18N2O2/c1-3-16(11-17,12-18)13(2)9-15(19)20-10-14-7-5-4-6-8-14/h4-8,13H,3,9-10H2,1-2H3/t13-/m0/s1. The fourth-order valence-corrected chi connectivity index (χ4v) is 1.97. The number of hydrogen-bond donors (Lipinski definition) is 0. The molecule has 0 saturated heterocycles. The summed E-state index contributed by atoms with van der Waals surface area (Å²) in [5.41, 5.74) is -0.206. The Kier molecular flexibility index (Phi) is 5.74. The van der Waals surface area contributed by atoms with Crippen LogP contribution in [0.15, 0.2) is 30.3 Å². The van der Waals surface area contributed by atoms with E-state index in [0.29, 0.717) is 6.42 Å². The van der Waals surface area contributed by atoms with Crippen LogP contribution in [-0.4, -0.2) is 5.97 Å². The first-order valence-electron chi connectivity index (χ1n) is 6.60. The van der Waals surface area contributed by atoms with Crippen LogP contribution in [0.3, 0.4) is 0 Å². The molecule has 0 heterocycles. The second-order valence-corrected chi connectivity index (χ2v) is 4.80. The van der Waals surface area contributed by atoms with Gasteiger partial charge in [-0.2, -0.15) is 10.5 Å². The van der Waals surface area contributed by atoms with Crippen LogP contribution in [0.2, 0.25) is 0 Å². The number of rotatable bonds is 6. The third-order valence-corrected chi connectivity index (χ3v) is 3.51. The van der Waals surface area contributed by atoms with Crippen LogP contribution in [0, 0.1) is 34.0 Å². The summed E-state index contributed by atoms with van der Waals surface area (Å²) >= 11 is 0. The topological polar surface area (TPSA) is 73.9 Å². The van der Waals surface area contributed by atoms with E-state index >= 15 is 0 Å². The number of carbonyl (C=O) groups is 1. The number of esters is 1. The van der Waals surface area contributed by atoms with Gasteiger partial charge in [-0.05, 0) is 17.9 Å². The molecule has 4 nitrogen and oxygen atoms in total. The van der Waals surface area contributed by atoms with Gasteiger partial charge in [0.25, 0.3) is 0 Å². The predicted octanol–water partition coefficient (Wildman–Crippen LogP) is 3.20. The van der Waals surface area contributed by atoms with Gasteiger partial charge in [0.05, 0.1) is 18.6 Å². The van der Waals surface area contributed by atoms with E-state index in [4.69, 9.17) is 15.3 Å². The fourth-order valence-electron chi connectivity index (χ4n) is 1.97. The first-order valence-corrected chi connectivity index (χ1v) is 6.60. The van der Waals surface area contributed by atoms with E-state index in [0.717, 1.165) is 5.56 Å². The lowest BCUT2D eigenvalue weighted by Crippen LogP contribution is -2.27. The summed E-state index contributed by atoms with van der Waals surface area (Å²) in [5.74, 6) is -0.740. The smallest absolute Gasteiger partial charge is 0.306 e. The average molecular weight is 270 g/mol. The molecule has 0 radical (unpaired) electrons. The van der Waals surface area contributed by atoms with E-state index in [1.807, 2.05) is 42.5 Å². The molecular weight excluding hydrogens is 252 g/mol. The summed E-state index contributed by atoms with van der Waals surface area (Å²) in [6, 6.07) is 13.4. The third-order valence-electron chi connectivity index (χ3n) is 3.51. The van der Waals surface area contributed by atoms with Gasteiger partial charge in [-0.3, -0.25) is 4.79 Å². The number of carbonyl (C=O) groups excluding carboxylic acids is 1. The summed E-state index contributed by atoms with van der Waals surface area (Å²) in [6.45, 7) is 3.72. The van der Waals surface area contributed by atoms with Gasteiger partial charge in [0.2, 0.25) is 0 Å². The second-order valence-electron chi connectivity index (χ2n) is 4.80. The molecule has 0 unspecified atom stereocenters. The lowest BCUT2D eigenvalue weighted by Gasteiger charge is -2.23. The number of benzene rings is 1. The molecule has 0 amide bonds. The molecule has 0 spiro atoms. The zero-order valence-electron chi connectivity index (χ0n) is 11.8. The maximum atomic E-state index is 11.8. The van der Waals surface area contributed by atoms with E-state index in [-0.39, 0.29) is 24.9 Å². The van der Waals surface area contributed by atoms with Crippen molar-refractivity contribution < 1.29 is 9.53 Å². The molecule has 20 heavy (non-hydrogen) atoms. The molecule has 0 aliphatic carbocycles. The van der Waals surface area contributed by atoms with Crippen LogP contribution in [-0.2, 0) is 16.1 Å². The maximum absolute atomic E-state index is 11.8. The zero-order valence-corrected chi connectivity index (χ0v) is 11.8. The summed E-state index contributed by atoms with van der Waals surface area (Å²) in [6.07, 6.45) is 0.467. The molecule has 104 valence electrons. The molecule has 0 saturated carbocycles. The van der Waals surface area contributed by atoms with E-state index < -0.39 is 5.41 Å². The molecule has 4 heteroatoms. The predicted molar refractivity (Wildman–Crippen MR) is 74.0 cm³/mol. The highest BCUT2D eigenvalue weighted by Crippen LogP contribution is 2.32. The number of ether oxygens (including phenoxy) is 1. The van der Waals surface area contributed by atoms with Crippen molar-refractivity contribution in [3.63, 3.8) is 0 Å². The molecule has 0 fully saturated rings. The van der Waals surface area contributed by atoms with Crippen molar-refractivity contribution in [3.8, 4) is 12.1 Å². The van der Waals surface area contributed by atoms with Gasteiger partial charge in [0.15, 0.2) is 0 Å². The van der Waals surface area contributed by atoms with Crippen molar-refractivity contribution in [1.82, 2.24) is 0 Å². The van der Waals surface area contributed by atoms with Crippen molar-refractivity contribution in [2.45, 2.75) is 33.3 Å². The minimum atomic E-state index is -1.12. The molecule has 0 aliphatic rings. The van der Waals surface area contributed by atoms with Crippen molar-refractivity contribution in [3.05, 3.63) is 35.9 Å². The largest absolute Gasteiger partial charge is 0.461 e. The van der Waals surface area contributed by atoms with Gasteiger partial charge in [0, 0.05) is 0 Å². The van der Waals surface area contributed by atoms with Gasteiger partial charge in [-0.1, -0.05) is 44.2 Å². The van der Waals surface area contributed by atoms with Crippen LogP contribution in [0.5, 0.6) is 0 Å². The Hall–Kier alpha value is -2.33. The second kappa shape index (κ2) is 7.31. The van der Waals surface area contributed by atoms with Crippen LogP contribution < -0.4 is 0 Å². The minimum Gasteiger partial charge on any atom is -0.461 e. The highest BCUT2D eigenvalue weighted by molar-refractivity contribution is 5.70. The highest BCUT2D eigenvalue weighted by atomic mass is 16.5. The Balaban J connectivity index is 2.55. The van der Waals surface area contributed by atoms with Crippen molar-refractivity contribution in [2.75, 3.05) is 0 Å².